The summed E-state index contributed by atoms with van der Waals surface area (Å²) in [5, 5.41) is 40.3. The van der Waals surface area contributed by atoms with Crippen LogP contribution in [0.3, 0.4) is 0 Å². The van der Waals surface area contributed by atoms with Crippen LogP contribution in [-0.4, -0.2) is 16.0 Å². The summed E-state index contributed by atoms with van der Waals surface area (Å²) >= 11 is 12.1. The summed E-state index contributed by atoms with van der Waals surface area (Å²) in [5.41, 5.74) is -1.51. The van der Waals surface area contributed by atoms with Crippen molar-refractivity contribution >= 4 is 40.7 Å². The molecule has 2 aromatic carbocycles. The Morgan fingerprint density at radius 3 is 1.50 bits per heavy atom. The maximum Gasteiger partial charge on any atom is 0.509 e. The van der Waals surface area contributed by atoms with Crippen LogP contribution in [0.2, 0.25) is 10.0 Å². The highest BCUT2D eigenvalue weighted by molar-refractivity contribution is 6.32. The Labute approximate surface area is 190 Å². The molecule has 2 aromatic rings. The van der Waals surface area contributed by atoms with Crippen LogP contribution < -0.4 is 0 Å². The standard InChI is InChI=1S/C19H12Cl2N4O7/c1-9(17-13(20)3-11(7-22)5-15(17)24(27)28)31-19(26)32-10(2)18-14(21)4-12(8-23)6-16(18)25(29)30/h3-6,9-10H,1-2H3. The topological polar surface area (TPSA) is 169 Å². The lowest BCUT2D eigenvalue weighted by atomic mass is 10.1. The number of ether oxygens (including phenoxy) is 2. The van der Waals surface area contributed by atoms with Gasteiger partial charge in [0.25, 0.3) is 11.4 Å². The van der Waals surface area contributed by atoms with Crippen LogP contribution in [0.4, 0.5) is 16.2 Å². The van der Waals surface area contributed by atoms with Crippen molar-refractivity contribution in [3.05, 3.63) is 76.8 Å². The van der Waals surface area contributed by atoms with Crippen LogP contribution in [0.25, 0.3) is 0 Å². The van der Waals surface area contributed by atoms with Crippen LogP contribution in [-0.2, 0) is 9.47 Å². The summed E-state index contributed by atoms with van der Waals surface area (Å²) in [4.78, 5) is 33.4. The first kappa shape index (κ1) is 24.3. The van der Waals surface area contributed by atoms with E-state index in [9.17, 15) is 25.0 Å². The van der Waals surface area contributed by atoms with Gasteiger partial charge in [0.2, 0.25) is 0 Å². The molecule has 2 unspecified atom stereocenters. The predicted molar refractivity (Wildman–Crippen MR) is 110 cm³/mol. The molecule has 0 radical (unpaired) electrons. The molecular weight excluding hydrogens is 467 g/mol. The number of halogens is 2. The Bertz CT molecular complexity index is 1110. The SMILES string of the molecule is CC(OC(=O)OC(C)c1c(Cl)cc(C#N)cc1[N+](=O)[O-])c1c(Cl)cc(C#N)cc1[N+](=O)[O-]. The summed E-state index contributed by atoms with van der Waals surface area (Å²) < 4.78 is 10.1. The smallest absolute Gasteiger partial charge is 0.426 e. The van der Waals surface area contributed by atoms with Crippen molar-refractivity contribution in [3.63, 3.8) is 0 Å². The van der Waals surface area contributed by atoms with E-state index in [0.717, 1.165) is 12.1 Å². The Balaban J connectivity index is 2.30. The van der Waals surface area contributed by atoms with Crippen LogP contribution in [0.5, 0.6) is 0 Å². The van der Waals surface area contributed by atoms with E-state index < -0.39 is 39.6 Å². The molecule has 0 saturated heterocycles. The second-order valence-corrected chi connectivity index (χ2v) is 7.10. The fourth-order valence-electron chi connectivity index (χ4n) is 2.88. The highest BCUT2D eigenvalue weighted by Gasteiger charge is 2.30. The van der Waals surface area contributed by atoms with E-state index in [1.807, 2.05) is 0 Å². The number of nitro groups is 2. The van der Waals surface area contributed by atoms with Gasteiger partial charge in [0, 0.05) is 12.1 Å². The molecule has 2 rings (SSSR count). The zero-order chi connectivity index (χ0) is 24.2. The van der Waals surface area contributed by atoms with E-state index in [0.29, 0.717) is 0 Å². The molecule has 11 nitrogen and oxygen atoms in total. The molecule has 0 spiro atoms. The van der Waals surface area contributed by atoms with E-state index in [1.165, 1.54) is 26.0 Å². The Morgan fingerprint density at radius 2 is 1.22 bits per heavy atom. The number of carbonyl (C=O) groups is 1. The summed E-state index contributed by atoms with van der Waals surface area (Å²) in [6, 6.07) is 7.78. The summed E-state index contributed by atoms with van der Waals surface area (Å²) in [7, 11) is 0. The molecule has 0 aliphatic carbocycles. The van der Waals surface area contributed by atoms with E-state index in [4.69, 9.17) is 43.2 Å². The highest BCUT2D eigenvalue weighted by atomic mass is 35.5. The molecule has 0 aliphatic rings. The normalized spacial score (nSPS) is 12.1. The van der Waals surface area contributed by atoms with Crippen LogP contribution >= 0.6 is 23.2 Å². The number of carbonyl (C=O) groups excluding carboxylic acids is 1. The van der Waals surface area contributed by atoms with Gasteiger partial charge < -0.3 is 9.47 Å². The monoisotopic (exact) mass is 478 g/mol. The van der Waals surface area contributed by atoms with Crippen molar-refractivity contribution in [2.45, 2.75) is 26.1 Å². The maximum absolute atomic E-state index is 12.3. The Morgan fingerprint density at radius 1 is 0.875 bits per heavy atom. The average molecular weight is 479 g/mol. The van der Waals surface area contributed by atoms with Crippen molar-refractivity contribution in [2.24, 2.45) is 0 Å². The summed E-state index contributed by atoms with van der Waals surface area (Å²) in [5.74, 6) is 0. The maximum atomic E-state index is 12.3. The van der Waals surface area contributed by atoms with Gasteiger partial charge in [-0.2, -0.15) is 10.5 Å². The Kier molecular flexibility index (Phi) is 7.54. The largest absolute Gasteiger partial charge is 0.509 e. The minimum atomic E-state index is -1.31. The lowest BCUT2D eigenvalue weighted by molar-refractivity contribution is -0.386. The number of rotatable bonds is 6. The summed E-state index contributed by atoms with van der Waals surface area (Å²) in [6.45, 7) is 2.59. The minimum Gasteiger partial charge on any atom is -0.426 e. The number of nitrogens with zero attached hydrogens (tertiary/aromatic N) is 4. The molecule has 0 fully saturated rings. The number of hydrogen-bond donors (Lipinski definition) is 0. The van der Waals surface area contributed by atoms with Crippen molar-refractivity contribution in [2.75, 3.05) is 0 Å². The first-order valence-electron chi connectivity index (χ1n) is 8.63. The van der Waals surface area contributed by atoms with Crippen molar-refractivity contribution in [1.82, 2.24) is 0 Å². The average Bonchev–Trinajstić information content (AvgIpc) is 2.71. The van der Waals surface area contributed by atoms with Gasteiger partial charge in [-0.15, -0.1) is 0 Å². The van der Waals surface area contributed by atoms with E-state index >= 15 is 0 Å². The zero-order valence-electron chi connectivity index (χ0n) is 16.4. The molecule has 0 saturated carbocycles. The lowest BCUT2D eigenvalue weighted by Gasteiger charge is -2.18. The van der Waals surface area contributed by atoms with E-state index in [-0.39, 0.29) is 32.3 Å². The van der Waals surface area contributed by atoms with Gasteiger partial charge in [0.15, 0.2) is 0 Å². The number of benzene rings is 2. The van der Waals surface area contributed by atoms with Crippen LogP contribution in [0.15, 0.2) is 24.3 Å². The van der Waals surface area contributed by atoms with Crippen LogP contribution in [0, 0.1) is 42.9 Å². The number of nitriles is 2. The first-order valence-corrected chi connectivity index (χ1v) is 9.38. The fraction of sp³-hybridized carbons (Fsp3) is 0.211. The summed E-state index contributed by atoms with van der Waals surface area (Å²) in [6.07, 6.45) is -3.84. The molecule has 0 bridgehead atoms. The fourth-order valence-corrected chi connectivity index (χ4v) is 3.61. The highest BCUT2D eigenvalue weighted by Crippen LogP contribution is 2.37. The molecule has 13 heteroatoms. The molecule has 32 heavy (non-hydrogen) atoms. The van der Waals surface area contributed by atoms with E-state index in [1.54, 1.807) is 12.1 Å². The van der Waals surface area contributed by atoms with Crippen molar-refractivity contribution in [1.29, 1.82) is 10.5 Å². The molecule has 2 atom stereocenters. The molecule has 0 amide bonds. The van der Waals surface area contributed by atoms with Gasteiger partial charge >= 0.3 is 6.16 Å². The third kappa shape index (κ3) is 5.21. The molecule has 0 aliphatic heterocycles. The predicted octanol–water partition coefficient (Wildman–Crippen LogP) is 5.53. The Hall–Kier alpha value is -3.93. The zero-order valence-corrected chi connectivity index (χ0v) is 17.9. The number of nitro benzene ring substituents is 2. The van der Waals surface area contributed by atoms with Gasteiger partial charge in [0.1, 0.15) is 12.2 Å². The van der Waals surface area contributed by atoms with Gasteiger partial charge in [-0.25, -0.2) is 4.79 Å². The van der Waals surface area contributed by atoms with Crippen LogP contribution in [0.1, 0.15) is 48.3 Å². The van der Waals surface area contributed by atoms with Gasteiger partial charge in [0.05, 0.1) is 54.3 Å². The molecular formula is C19H12Cl2N4O7. The van der Waals surface area contributed by atoms with Crippen molar-refractivity contribution < 1.29 is 24.1 Å². The van der Waals surface area contributed by atoms with Gasteiger partial charge in [-0.05, 0) is 26.0 Å². The second-order valence-electron chi connectivity index (χ2n) is 6.29. The molecule has 0 N–H and O–H groups in total. The molecule has 0 heterocycles. The van der Waals surface area contributed by atoms with E-state index in [2.05, 4.69) is 0 Å². The third-order valence-electron chi connectivity index (χ3n) is 4.23. The quantitative estimate of drug-likeness (QED) is 0.294. The second kappa shape index (κ2) is 9.92. The lowest BCUT2D eigenvalue weighted by Crippen LogP contribution is -2.15. The van der Waals surface area contributed by atoms with Gasteiger partial charge in [-0.3, -0.25) is 20.2 Å². The minimum absolute atomic E-state index is 0.0587. The van der Waals surface area contributed by atoms with Crippen molar-refractivity contribution in [3.8, 4) is 12.1 Å². The first-order chi connectivity index (χ1) is 15.0. The molecule has 164 valence electrons. The molecule has 0 aromatic heterocycles. The number of hydrogen-bond acceptors (Lipinski definition) is 9. The third-order valence-corrected chi connectivity index (χ3v) is 4.85. The van der Waals surface area contributed by atoms with Gasteiger partial charge in [-0.1, -0.05) is 23.2 Å².